The number of hydrogen-bond donors (Lipinski definition) is 5. The van der Waals surface area contributed by atoms with Gasteiger partial charge in [0.2, 0.25) is 5.91 Å². The molecule has 3 aromatic heterocycles. The Labute approximate surface area is 333 Å². The van der Waals surface area contributed by atoms with Gasteiger partial charge in [0.15, 0.2) is 0 Å². The van der Waals surface area contributed by atoms with E-state index < -0.39 is 36.2 Å². The summed E-state index contributed by atoms with van der Waals surface area (Å²) >= 11 is 0. The number of amides is 4. The quantitative estimate of drug-likeness (QED) is 0.0984. The Morgan fingerprint density at radius 3 is 1.90 bits per heavy atom. The number of nitrogens with zero attached hydrogens (tertiary/aromatic N) is 5. The molecule has 0 spiro atoms. The van der Waals surface area contributed by atoms with Gasteiger partial charge in [-0.1, -0.05) is 84.9 Å². The molecule has 0 saturated carbocycles. The van der Waals surface area contributed by atoms with Gasteiger partial charge < -0.3 is 40.3 Å². The third kappa shape index (κ3) is 8.70. The van der Waals surface area contributed by atoms with Gasteiger partial charge in [0.25, 0.3) is 5.91 Å². The zero-order valence-electron chi connectivity index (χ0n) is 32.0. The second-order valence-electron chi connectivity index (χ2n) is 13.6. The number of rotatable bonds is 12. The van der Waals surface area contributed by atoms with Crippen LogP contribution in [-0.4, -0.2) is 79.6 Å². The van der Waals surface area contributed by atoms with Crippen molar-refractivity contribution in [3.63, 3.8) is 0 Å². The zero-order chi connectivity index (χ0) is 40.6. The van der Waals surface area contributed by atoms with Crippen molar-refractivity contribution in [2.45, 2.75) is 43.9 Å². The number of H-pyrrole nitrogens is 2. The fraction of sp³-hybridized carbons (Fsp3) is 0.238. The van der Waals surface area contributed by atoms with Gasteiger partial charge in [-0.25, -0.2) is 19.6 Å². The first-order valence-corrected chi connectivity index (χ1v) is 18.6. The van der Waals surface area contributed by atoms with E-state index in [0.717, 1.165) is 23.2 Å². The van der Waals surface area contributed by atoms with Gasteiger partial charge in [-0.15, -0.1) is 0 Å². The van der Waals surface area contributed by atoms with Crippen LogP contribution in [0, 0.1) is 0 Å². The summed E-state index contributed by atoms with van der Waals surface area (Å²) < 4.78 is 9.53. The van der Waals surface area contributed by atoms with Crippen LogP contribution in [-0.2, 0) is 19.1 Å². The molecule has 16 nitrogen and oxygen atoms in total. The molecule has 1 saturated heterocycles. The SMILES string of the molecule is COC(=O)N[C@@H](C(=O)N[C@@H](C)c1ncc(-c2ccc(-c3cnc(-c4cnc([C@H]5CCCN5C(=O)[C@H](NC(=O)OC)c5ccccc5)[nH]4)cn3)cc2)[nH]1)c1ccccc1. The fourth-order valence-corrected chi connectivity index (χ4v) is 6.85. The maximum atomic E-state index is 13.9. The molecular formula is C42H42N10O6. The van der Waals surface area contributed by atoms with Gasteiger partial charge >= 0.3 is 12.2 Å². The second-order valence-corrected chi connectivity index (χ2v) is 13.6. The van der Waals surface area contributed by atoms with Crippen molar-refractivity contribution in [2.24, 2.45) is 0 Å². The number of hydrogen-bond acceptors (Lipinski definition) is 10. The van der Waals surface area contributed by atoms with E-state index in [-0.39, 0.29) is 11.9 Å². The van der Waals surface area contributed by atoms with Crippen LogP contribution in [0.25, 0.3) is 33.9 Å². The summed E-state index contributed by atoms with van der Waals surface area (Å²) in [5.41, 5.74) is 5.67. The largest absolute Gasteiger partial charge is 0.453 e. The molecule has 3 aromatic carbocycles. The van der Waals surface area contributed by atoms with E-state index in [9.17, 15) is 19.2 Å². The number of methoxy groups -OCH3 is 2. The molecule has 1 fully saturated rings. The minimum atomic E-state index is -0.954. The summed E-state index contributed by atoms with van der Waals surface area (Å²) in [6.07, 6.45) is 6.82. The van der Waals surface area contributed by atoms with Crippen molar-refractivity contribution < 1.29 is 28.7 Å². The molecule has 4 atom stereocenters. The number of benzene rings is 3. The van der Waals surface area contributed by atoms with Gasteiger partial charge in [0, 0.05) is 12.1 Å². The van der Waals surface area contributed by atoms with E-state index in [1.807, 2.05) is 48.5 Å². The van der Waals surface area contributed by atoms with E-state index in [2.05, 4.69) is 45.9 Å². The van der Waals surface area contributed by atoms with Crippen molar-refractivity contribution in [1.29, 1.82) is 0 Å². The van der Waals surface area contributed by atoms with Crippen LogP contribution in [0.15, 0.2) is 110 Å². The van der Waals surface area contributed by atoms with Crippen LogP contribution in [0.5, 0.6) is 0 Å². The Balaban J connectivity index is 0.990. The molecule has 0 radical (unpaired) electrons. The molecule has 58 heavy (non-hydrogen) atoms. The molecule has 1 aliphatic rings. The molecule has 0 unspecified atom stereocenters. The maximum absolute atomic E-state index is 13.9. The third-order valence-corrected chi connectivity index (χ3v) is 9.90. The highest BCUT2D eigenvalue weighted by molar-refractivity contribution is 5.88. The molecular weight excluding hydrogens is 741 g/mol. The average molecular weight is 783 g/mol. The fourth-order valence-electron chi connectivity index (χ4n) is 6.85. The van der Waals surface area contributed by atoms with Crippen LogP contribution in [0.1, 0.15) is 66.7 Å². The van der Waals surface area contributed by atoms with Crippen molar-refractivity contribution in [1.82, 2.24) is 50.8 Å². The van der Waals surface area contributed by atoms with Gasteiger partial charge in [-0.2, -0.15) is 0 Å². The Morgan fingerprint density at radius 2 is 1.26 bits per heavy atom. The summed E-state index contributed by atoms with van der Waals surface area (Å²) in [6.45, 7) is 2.32. The Bertz CT molecular complexity index is 2350. The highest BCUT2D eigenvalue weighted by atomic mass is 16.5. The smallest absolute Gasteiger partial charge is 0.407 e. The van der Waals surface area contributed by atoms with Gasteiger partial charge in [-0.05, 0) is 36.5 Å². The van der Waals surface area contributed by atoms with E-state index in [1.165, 1.54) is 14.2 Å². The maximum Gasteiger partial charge on any atom is 0.407 e. The number of ether oxygens (including phenoxy) is 2. The molecule has 7 rings (SSSR count). The number of nitrogens with one attached hydrogen (secondary N) is 5. The Morgan fingerprint density at radius 1 is 0.672 bits per heavy atom. The molecule has 16 heteroatoms. The molecule has 0 bridgehead atoms. The van der Waals surface area contributed by atoms with Crippen LogP contribution >= 0.6 is 0 Å². The standard InChI is InChI=1S/C42H42N10O6/c1-25(47-39(53)35(50-41(55)57-2)28-11-6-4-7-12-28)37-45-22-31(48-37)27-18-16-26(17-19-27)30-21-44-32(23-43-30)33-24-46-38(49-33)34-15-10-20-52(34)40(54)36(51-42(56)58-3)29-13-8-5-9-14-29/h4-9,11-14,16-19,21-25,34-36H,10,15,20H2,1-3H3,(H,45,48)(H,46,49)(H,47,53)(H,50,55)(H,51,56)/t25-,34+,35+,36+/m0/s1. The van der Waals surface area contributed by atoms with Crippen molar-refractivity contribution in [3.05, 3.63) is 132 Å². The number of aromatic nitrogens is 6. The molecule has 4 heterocycles. The van der Waals surface area contributed by atoms with E-state index >= 15 is 0 Å². The van der Waals surface area contributed by atoms with Gasteiger partial charge in [-0.3, -0.25) is 19.6 Å². The van der Waals surface area contributed by atoms with Crippen LogP contribution in [0.2, 0.25) is 0 Å². The molecule has 296 valence electrons. The lowest BCUT2D eigenvalue weighted by atomic mass is 10.1. The Hall–Kier alpha value is -7.36. The van der Waals surface area contributed by atoms with Crippen LogP contribution in [0.3, 0.4) is 0 Å². The minimum absolute atomic E-state index is 0.248. The predicted molar refractivity (Wildman–Crippen MR) is 212 cm³/mol. The second kappa shape index (κ2) is 17.6. The number of likely N-dealkylation sites (tertiary alicyclic amines) is 1. The number of carbonyl (C=O) groups excluding carboxylic acids is 4. The van der Waals surface area contributed by atoms with Crippen molar-refractivity contribution in [3.8, 4) is 33.9 Å². The van der Waals surface area contributed by atoms with Crippen molar-refractivity contribution in [2.75, 3.05) is 20.8 Å². The number of imidazole rings is 2. The zero-order valence-corrected chi connectivity index (χ0v) is 32.0. The number of aromatic amines is 2. The normalized spacial score (nSPS) is 15.2. The number of alkyl carbamates (subject to hydrolysis) is 2. The summed E-state index contributed by atoms with van der Waals surface area (Å²) in [4.78, 5) is 78.1. The van der Waals surface area contributed by atoms with Crippen LogP contribution in [0.4, 0.5) is 9.59 Å². The molecule has 5 N–H and O–H groups in total. The first-order valence-electron chi connectivity index (χ1n) is 18.6. The Kier molecular flexibility index (Phi) is 11.8. The monoisotopic (exact) mass is 782 g/mol. The lowest BCUT2D eigenvalue weighted by Crippen LogP contribution is -2.42. The summed E-state index contributed by atoms with van der Waals surface area (Å²) in [5.74, 6) is 0.502. The lowest BCUT2D eigenvalue weighted by molar-refractivity contribution is -0.134. The number of carbonyl (C=O) groups is 4. The van der Waals surface area contributed by atoms with E-state index in [1.54, 1.807) is 73.0 Å². The first-order chi connectivity index (χ1) is 28.2. The lowest BCUT2D eigenvalue weighted by Gasteiger charge is -2.28. The highest BCUT2D eigenvalue weighted by Crippen LogP contribution is 2.34. The van der Waals surface area contributed by atoms with Crippen molar-refractivity contribution >= 4 is 24.0 Å². The summed E-state index contributed by atoms with van der Waals surface area (Å²) in [6, 6.07) is 23.1. The highest BCUT2D eigenvalue weighted by Gasteiger charge is 2.37. The minimum Gasteiger partial charge on any atom is -0.453 e. The molecule has 1 aliphatic heterocycles. The van der Waals surface area contributed by atoms with Crippen LogP contribution < -0.4 is 16.0 Å². The average Bonchev–Trinajstić information content (AvgIpc) is 4.07. The predicted octanol–water partition coefficient (Wildman–Crippen LogP) is 5.96. The summed E-state index contributed by atoms with van der Waals surface area (Å²) in [5, 5.41) is 8.19. The van der Waals surface area contributed by atoms with E-state index in [0.29, 0.717) is 52.8 Å². The molecule has 0 aliphatic carbocycles. The molecule has 4 amide bonds. The van der Waals surface area contributed by atoms with Gasteiger partial charge in [0.1, 0.15) is 29.4 Å². The summed E-state index contributed by atoms with van der Waals surface area (Å²) in [7, 11) is 2.51. The third-order valence-electron chi connectivity index (χ3n) is 9.90. The first kappa shape index (κ1) is 38.9. The molecule has 6 aromatic rings. The van der Waals surface area contributed by atoms with Gasteiger partial charge in [0.05, 0.1) is 68.2 Å². The topological polar surface area (TPSA) is 209 Å². The van der Waals surface area contributed by atoms with E-state index in [4.69, 9.17) is 9.47 Å².